The molecule has 0 unspecified atom stereocenters. The summed E-state index contributed by atoms with van der Waals surface area (Å²) in [7, 11) is 0. The first-order chi connectivity index (χ1) is 3.50. The summed E-state index contributed by atoms with van der Waals surface area (Å²) in [5, 5.41) is 16.6. The van der Waals surface area contributed by atoms with Crippen LogP contribution in [0.4, 0.5) is 0 Å². The number of carboxylic acid groups (broad SMARTS) is 1. The molecule has 0 aromatic rings. The molecule has 0 amide bonds. The Morgan fingerprint density at radius 3 is 2.25 bits per heavy atom. The van der Waals surface area contributed by atoms with Crippen LogP contribution in [0.5, 0.6) is 0 Å². The Balaban J connectivity index is 3.91. The van der Waals surface area contributed by atoms with Crippen molar-refractivity contribution in [3.63, 3.8) is 0 Å². The van der Waals surface area contributed by atoms with Gasteiger partial charge in [0.1, 0.15) is 0 Å². The van der Waals surface area contributed by atoms with Crippen molar-refractivity contribution in [1.82, 2.24) is 0 Å². The molecule has 0 fully saturated rings. The Labute approximate surface area is 46.9 Å². The average Bonchev–Trinajstić information content (AvgIpc) is 1.67. The smallest absolute Gasteiger partial charge is 0.350 e. The number of hydrogen-bond donors (Lipinski definition) is 3. The highest BCUT2D eigenvalue weighted by molar-refractivity contribution is 5.75. The number of carbonyl (C=O) groups is 1. The second-order valence-corrected chi connectivity index (χ2v) is 1.58. The third-order valence-corrected chi connectivity index (χ3v) is 0.909. The first-order valence-electron chi connectivity index (χ1n) is 2.25. The van der Waals surface area contributed by atoms with Crippen molar-refractivity contribution in [3.8, 4) is 0 Å². The number of aliphatic hydroxyl groups is 1. The van der Waals surface area contributed by atoms with Crippen LogP contribution in [-0.4, -0.2) is 21.9 Å². The lowest BCUT2D eigenvalue weighted by Crippen LogP contribution is -2.46. The van der Waals surface area contributed by atoms with Gasteiger partial charge in [-0.25, -0.2) is 4.79 Å². The molecule has 1 atom stereocenters. The molecule has 0 saturated heterocycles. The summed E-state index contributed by atoms with van der Waals surface area (Å²) in [6, 6.07) is 0. The van der Waals surface area contributed by atoms with E-state index in [1.54, 1.807) is 0 Å². The fraction of sp³-hybridized carbons (Fsp3) is 0.750. The van der Waals surface area contributed by atoms with Crippen molar-refractivity contribution in [2.45, 2.75) is 19.1 Å². The normalized spacial score (nSPS) is 17.4. The molecule has 0 spiro atoms. The molecule has 0 aliphatic heterocycles. The van der Waals surface area contributed by atoms with Gasteiger partial charge in [-0.05, 0) is 6.42 Å². The van der Waals surface area contributed by atoms with E-state index >= 15 is 0 Å². The number of nitrogens with two attached hydrogens (primary N) is 1. The van der Waals surface area contributed by atoms with Crippen LogP contribution < -0.4 is 5.73 Å². The fourth-order valence-electron chi connectivity index (χ4n) is 0.151. The van der Waals surface area contributed by atoms with E-state index in [1.807, 2.05) is 0 Å². The largest absolute Gasteiger partial charge is 0.478 e. The summed E-state index contributed by atoms with van der Waals surface area (Å²) < 4.78 is 0. The highest BCUT2D eigenvalue weighted by Gasteiger charge is 2.27. The topological polar surface area (TPSA) is 83.5 Å². The first kappa shape index (κ1) is 7.39. The lowest BCUT2D eigenvalue weighted by molar-refractivity contribution is -0.158. The van der Waals surface area contributed by atoms with E-state index < -0.39 is 11.7 Å². The molecular weight excluding hydrogens is 110 g/mol. The predicted molar refractivity (Wildman–Crippen MR) is 27.1 cm³/mol. The molecule has 4 N–H and O–H groups in total. The number of rotatable bonds is 2. The Morgan fingerprint density at radius 2 is 2.25 bits per heavy atom. The van der Waals surface area contributed by atoms with Crippen molar-refractivity contribution >= 4 is 5.97 Å². The lowest BCUT2D eigenvalue weighted by atomic mass is 10.2. The summed E-state index contributed by atoms with van der Waals surface area (Å²) in [5.74, 6) is -1.39. The Morgan fingerprint density at radius 1 is 1.88 bits per heavy atom. The monoisotopic (exact) mass is 119 g/mol. The van der Waals surface area contributed by atoms with Crippen LogP contribution in [0.2, 0.25) is 0 Å². The molecule has 4 heteroatoms. The van der Waals surface area contributed by atoms with E-state index in [2.05, 4.69) is 0 Å². The summed E-state index contributed by atoms with van der Waals surface area (Å²) >= 11 is 0. The molecule has 4 nitrogen and oxygen atoms in total. The maximum absolute atomic E-state index is 9.88. The van der Waals surface area contributed by atoms with Crippen molar-refractivity contribution in [2.75, 3.05) is 0 Å². The third-order valence-electron chi connectivity index (χ3n) is 0.909. The van der Waals surface area contributed by atoms with Crippen LogP contribution in [-0.2, 0) is 4.79 Å². The molecule has 0 aromatic heterocycles. The number of carboxylic acids is 1. The highest BCUT2D eigenvalue weighted by Crippen LogP contribution is 1.98. The zero-order chi connectivity index (χ0) is 6.78. The number of aliphatic carboxylic acids is 1. The summed E-state index contributed by atoms with van der Waals surface area (Å²) in [6.45, 7) is 1.49. The maximum atomic E-state index is 9.88. The van der Waals surface area contributed by atoms with Crippen LogP contribution in [0.3, 0.4) is 0 Å². The Hall–Kier alpha value is -0.610. The first-order valence-corrected chi connectivity index (χ1v) is 2.25. The third kappa shape index (κ3) is 1.48. The molecule has 0 heterocycles. The van der Waals surface area contributed by atoms with Crippen LogP contribution >= 0.6 is 0 Å². The zero-order valence-electron chi connectivity index (χ0n) is 4.59. The quantitative estimate of drug-likeness (QED) is 0.412. The average molecular weight is 119 g/mol. The van der Waals surface area contributed by atoms with Gasteiger partial charge in [-0.3, -0.25) is 5.73 Å². The van der Waals surface area contributed by atoms with E-state index in [0.29, 0.717) is 0 Å². The van der Waals surface area contributed by atoms with Gasteiger partial charge >= 0.3 is 5.97 Å². The minimum Gasteiger partial charge on any atom is -0.478 e. The van der Waals surface area contributed by atoms with E-state index in [0.717, 1.165) is 0 Å². The van der Waals surface area contributed by atoms with Gasteiger partial charge in [0.15, 0.2) is 0 Å². The Bertz CT molecular complexity index is 99.5. The van der Waals surface area contributed by atoms with Gasteiger partial charge in [0.05, 0.1) is 0 Å². The van der Waals surface area contributed by atoms with Gasteiger partial charge in [-0.15, -0.1) is 0 Å². The minimum absolute atomic E-state index is 0.0162. The van der Waals surface area contributed by atoms with Crippen LogP contribution in [0, 0.1) is 0 Å². The maximum Gasteiger partial charge on any atom is 0.350 e. The van der Waals surface area contributed by atoms with E-state index in [4.69, 9.17) is 15.9 Å². The van der Waals surface area contributed by atoms with Crippen molar-refractivity contribution in [1.29, 1.82) is 0 Å². The molecule has 0 rings (SSSR count). The van der Waals surface area contributed by atoms with E-state index in [9.17, 15) is 4.79 Å². The van der Waals surface area contributed by atoms with Crippen molar-refractivity contribution in [2.24, 2.45) is 5.73 Å². The van der Waals surface area contributed by atoms with E-state index in [1.165, 1.54) is 6.92 Å². The molecule has 0 aromatic carbocycles. The molecule has 0 radical (unpaired) electrons. The van der Waals surface area contributed by atoms with Crippen LogP contribution in [0.1, 0.15) is 13.3 Å². The molecule has 0 aliphatic rings. The summed E-state index contributed by atoms with van der Waals surface area (Å²) in [5.41, 5.74) is 2.77. The van der Waals surface area contributed by atoms with Gasteiger partial charge in [0.2, 0.25) is 5.72 Å². The van der Waals surface area contributed by atoms with Crippen molar-refractivity contribution in [3.05, 3.63) is 0 Å². The molecular formula is C4H9NO3. The molecule has 0 saturated carbocycles. The van der Waals surface area contributed by atoms with Gasteiger partial charge in [0, 0.05) is 0 Å². The number of hydrogen-bond acceptors (Lipinski definition) is 3. The van der Waals surface area contributed by atoms with Gasteiger partial charge in [-0.2, -0.15) is 0 Å². The molecule has 48 valence electrons. The van der Waals surface area contributed by atoms with E-state index in [-0.39, 0.29) is 6.42 Å². The fourth-order valence-corrected chi connectivity index (χ4v) is 0.151. The van der Waals surface area contributed by atoms with Crippen molar-refractivity contribution < 1.29 is 15.0 Å². The van der Waals surface area contributed by atoms with Gasteiger partial charge < -0.3 is 10.2 Å². The summed E-state index contributed by atoms with van der Waals surface area (Å²) in [4.78, 5) is 9.88. The highest BCUT2D eigenvalue weighted by atomic mass is 16.4. The van der Waals surface area contributed by atoms with Gasteiger partial charge in [-0.1, -0.05) is 6.92 Å². The summed E-state index contributed by atoms with van der Waals surface area (Å²) in [6.07, 6.45) is 0.0162. The molecule has 8 heavy (non-hydrogen) atoms. The Kier molecular flexibility index (Phi) is 1.94. The van der Waals surface area contributed by atoms with Crippen LogP contribution in [0.15, 0.2) is 0 Å². The second kappa shape index (κ2) is 2.11. The standard InChI is InChI=1S/C4H9NO3/c1-2-4(5,8)3(6)7/h8H,2,5H2,1H3,(H,6,7)/t4-/m1/s1. The second-order valence-electron chi connectivity index (χ2n) is 1.58. The van der Waals surface area contributed by atoms with Crippen LogP contribution in [0.25, 0.3) is 0 Å². The SMILES string of the molecule is CC[C@@](N)(O)C(=O)O. The molecule has 0 bridgehead atoms. The zero-order valence-corrected chi connectivity index (χ0v) is 4.59. The lowest BCUT2D eigenvalue weighted by Gasteiger charge is -2.13. The molecule has 0 aliphatic carbocycles. The minimum atomic E-state index is -2.04. The predicted octanol–water partition coefficient (Wildman–Crippen LogP) is -0.872. The van der Waals surface area contributed by atoms with Gasteiger partial charge in [0.25, 0.3) is 0 Å².